The first-order chi connectivity index (χ1) is 12.6. The van der Waals surface area contributed by atoms with Gasteiger partial charge in [-0.2, -0.15) is 0 Å². The maximum Gasteiger partial charge on any atom is 0.252 e. The van der Waals surface area contributed by atoms with Crippen molar-refractivity contribution in [3.05, 3.63) is 72.9 Å². The summed E-state index contributed by atoms with van der Waals surface area (Å²) in [6, 6.07) is 13.7. The fourth-order valence-corrected chi connectivity index (χ4v) is 2.57. The molecule has 6 nitrogen and oxygen atoms in total. The molecule has 2 heterocycles. The van der Waals surface area contributed by atoms with Crippen LogP contribution < -0.4 is 10.6 Å². The van der Waals surface area contributed by atoms with Crippen LogP contribution in [-0.2, 0) is 0 Å². The minimum atomic E-state index is -0.129. The normalized spacial score (nSPS) is 12.0. The summed E-state index contributed by atoms with van der Waals surface area (Å²) < 4.78 is 1.79. The zero-order chi connectivity index (χ0) is 18.4. The van der Waals surface area contributed by atoms with E-state index in [-0.39, 0.29) is 11.9 Å². The third kappa shape index (κ3) is 4.47. The summed E-state index contributed by atoms with van der Waals surface area (Å²) in [6.45, 7) is 4.80. The van der Waals surface area contributed by atoms with Crippen LogP contribution in [0.3, 0.4) is 0 Å². The highest BCUT2D eigenvalue weighted by atomic mass is 16.1. The Hall–Kier alpha value is -3.15. The van der Waals surface area contributed by atoms with Gasteiger partial charge in [-0.1, -0.05) is 32.0 Å². The fraction of sp³-hybridized carbons (Fsp3) is 0.250. The summed E-state index contributed by atoms with van der Waals surface area (Å²) in [7, 11) is 0. The minimum absolute atomic E-state index is 0.129. The topological polar surface area (TPSA) is 71.8 Å². The quantitative estimate of drug-likeness (QED) is 0.687. The van der Waals surface area contributed by atoms with E-state index in [1.165, 1.54) is 0 Å². The Bertz CT molecular complexity index is 813. The molecule has 3 rings (SSSR count). The predicted octanol–water partition coefficient (Wildman–Crippen LogP) is 3.13. The van der Waals surface area contributed by atoms with Gasteiger partial charge in [0.15, 0.2) is 0 Å². The zero-order valence-corrected chi connectivity index (χ0v) is 15.0. The van der Waals surface area contributed by atoms with E-state index in [4.69, 9.17) is 0 Å². The molecule has 0 saturated heterocycles. The molecule has 0 bridgehead atoms. The number of aromatic nitrogens is 3. The van der Waals surface area contributed by atoms with Gasteiger partial charge < -0.3 is 10.6 Å². The van der Waals surface area contributed by atoms with Crippen LogP contribution >= 0.6 is 0 Å². The molecule has 1 amide bonds. The molecule has 0 aliphatic heterocycles. The van der Waals surface area contributed by atoms with Crippen LogP contribution in [0.25, 0.3) is 5.82 Å². The predicted molar refractivity (Wildman–Crippen MR) is 102 cm³/mol. The molecule has 0 radical (unpaired) electrons. The lowest BCUT2D eigenvalue weighted by molar-refractivity contribution is 0.0950. The SMILES string of the molecule is CC(C)C(CNC(=O)c1ccc(-n2ccnc2)nc1)Nc1ccccc1. The number of para-hydroxylation sites is 1. The van der Waals surface area contributed by atoms with Gasteiger partial charge in [-0.25, -0.2) is 9.97 Å². The van der Waals surface area contributed by atoms with Gasteiger partial charge in [-0.15, -0.1) is 0 Å². The van der Waals surface area contributed by atoms with Crippen molar-refractivity contribution < 1.29 is 4.79 Å². The lowest BCUT2D eigenvalue weighted by atomic mass is 10.0. The Balaban J connectivity index is 1.59. The van der Waals surface area contributed by atoms with Crippen molar-refractivity contribution in [3.8, 4) is 5.82 Å². The summed E-state index contributed by atoms with van der Waals surface area (Å²) in [4.78, 5) is 20.7. The number of nitrogens with one attached hydrogen (secondary N) is 2. The number of pyridine rings is 1. The number of imidazole rings is 1. The molecule has 26 heavy (non-hydrogen) atoms. The Morgan fingerprint density at radius 1 is 1.15 bits per heavy atom. The molecular formula is C20H23N5O. The molecule has 2 aromatic heterocycles. The van der Waals surface area contributed by atoms with Crippen molar-refractivity contribution in [1.29, 1.82) is 0 Å². The average molecular weight is 349 g/mol. The highest BCUT2D eigenvalue weighted by Crippen LogP contribution is 2.12. The summed E-state index contributed by atoms with van der Waals surface area (Å²) >= 11 is 0. The maximum absolute atomic E-state index is 12.4. The summed E-state index contributed by atoms with van der Waals surface area (Å²) in [5.74, 6) is 0.970. The van der Waals surface area contributed by atoms with Crippen LogP contribution in [0, 0.1) is 5.92 Å². The molecule has 0 saturated carbocycles. The van der Waals surface area contributed by atoms with Gasteiger partial charge in [0.2, 0.25) is 0 Å². The largest absolute Gasteiger partial charge is 0.380 e. The molecule has 134 valence electrons. The lowest BCUT2D eigenvalue weighted by Gasteiger charge is -2.24. The van der Waals surface area contributed by atoms with Crippen LogP contribution in [0.15, 0.2) is 67.4 Å². The maximum atomic E-state index is 12.4. The number of anilines is 1. The molecule has 0 aliphatic carbocycles. The Morgan fingerprint density at radius 3 is 2.58 bits per heavy atom. The zero-order valence-electron chi connectivity index (χ0n) is 15.0. The molecule has 1 atom stereocenters. The van der Waals surface area contributed by atoms with E-state index in [1.807, 2.05) is 36.5 Å². The van der Waals surface area contributed by atoms with E-state index in [0.29, 0.717) is 18.0 Å². The highest BCUT2D eigenvalue weighted by Gasteiger charge is 2.15. The van der Waals surface area contributed by atoms with E-state index < -0.39 is 0 Å². The number of carbonyl (C=O) groups is 1. The summed E-state index contributed by atoms with van der Waals surface area (Å²) in [5.41, 5.74) is 1.59. The van der Waals surface area contributed by atoms with Crippen molar-refractivity contribution >= 4 is 11.6 Å². The standard InChI is InChI=1S/C20H23N5O/c1-15(2)18(24-17-6-4-3-5-7-17)13-23-20(26)16-8-9-19(22-12-16)25-11-10-21-14-25/h3-12,14-15,18,24H,13H2,1-2H3,(H,23,26). The molecule has 1 unspecified atom stereocenters. The number of amides is 1. The Labute approximate surface area is 153 Å². The summed E-state index contributed by atoms with van der Waals surface area (Å²) in [6.07, 6.45) is 6.75. The second-order valence-corrected chi connectivity index (χ2v) is 6.45. The van der Waals surface area contributed by atoms with Crippen molar-refractivity contribution in [3.63, 3.8) is 0 Å². The average Bonchev–Trinajstić information content (AvgIpc) is 3.20. The fourth-order valence-electron chi connectivity index (χ4n) is 2.57. The van der Waals surface area contributed by atoms with Gasteiger partial charge in [0, 0.05) is 36.9 Å². The molecule has 6 heteroatoms. The molecule has 2 N–H and O–H groups in total. The van der Waals surface area contributed by atoms with Crippen LogP contribution in [0.2, 0.25) is 0 Å². The first-order valence-electron chi connectivity index (χ1n) is 8.67. The number of carbonyl (C=O) groups excluding carboxylic acids is 1. The highest BCUT2D eigenvalue weighted by molar-refractivity contribution is 5.94. The van der Waals surface area contributed by atoms with Crippen LogP contribution in [0.1, 0.15) is 24.2 Å². The molecule has 0 spiro atoms. The number of hydrogen-bond acceptors (Lipinski definition) is 4. The van der Waals surface area contributed by atoms with Gasteiger partial charge in [-0.3, -0.25) is 9.36 Å². The van der Waals surface area contributed by atoms with Gasteiger partial charge in [0.25, 0.3) is 5.91 Å². The second kappa shape index (κ2) is 8.29. The number of rotatable bonds is 7. The van der Waals surface area contributed by atoms with E-state index in [2.05, 4.69) is 34.4 Å². The summed E-state index contributed by atoms with van der Waals surface area (Å²) in [5, 5.41) is 6.47. The van der Waals surface area contributed by atoms with E-state index in [1.54, 1.807) is 35.4 Å². The van der Waals surface area contributed by atoms with Gasteiger partial charge in [0.1, 0.15) is 12.1 Å². The van der Waals surface area contributed by atoms with Gasteiger partial charge in [-0.05, 0) is 30.2 Å². The third-order valence-corrected chi connectivity index (χ3v) is 4.19. The van der Waals surface area contributed by atoms with Crippen LogP contribution in [0.4, 0.5) is 5.69 Å². The van der Waals surface area contributed by atoms with Crippen molar-refractivity contribution in [2.45, 2.75) is 19.9 Å². The number of nitrogens with zero attached hydrogens (tertiary/aromatic N) is 3. The first-order valence-corrected chi connectivity index (χ1v) is 8.67. The van der Waals surface area contributed by atoms with Crippen LogP contribution in [-0.4, -0.2) is 33.0 Å². The van der Waals surface area contributed by atoms with Crippen LogP contribution in [0.5, 0.6) is 0 Å². The molecular weight excluding hydrogens is 326 g/mol. The molecule has 1 aromatic carbocycles. The van der Waals surface area contributed by atoms with E-state index >= 15 is 0 Å². The van der Waals surface area contributed by atoms with Gasteiger partial charge in [0.05, 0.1) is 5.56 Å². The molecule has 3 aromatic rings. The third-order valence-electron chi connectivity index (χ3n) is 4.19. The second-order valence-electron chi connectivity index (χ2n) is 6.45. The molecule has 0 aliphatic rings. The first kappa shape index (κ1) is 17.7. The smallest absolute Gasteiger partial charge is 0.252 e. The number of benzene rings is 1. The lowest BCUT2D eigenvalue weighted by Crippen LogP contribution is -2.39. The van der Waals surface area contributed by atoms with Gasteiger partial charge >= 0.3 is 0 Å². The van der Waals surface area contributed by atoms with Crippen molar-refractivity contribution in [2.75, 3.05) is 11.9 Å². The van der Waals surface area contributed by atoms with Crippen molar-refractivity contribution in [2.24, 2.45) is 5.92 Å². The Kier molecular flexibility index (Phi) is 5.63. The number of hydrogen-bond donors (Lipinski definition) is 2. The van der Waals surface area contributed by atoms with E-state index in [9.17, 15) is 4.79 Å². The molecule has 0 fully saturated rings. The minimum Gasteiger partial charge on any atom is -0.380 e. The van der Waals surface area contributed by atoms with Crippen molar-refractivity contribution in [1.82, 2.24) is 19.9 Å². The monoisotopic (exact) mass is 349 g/mol. The van der Waals surface area contributed by atoms with E-state index in [0.717, 1.165) is 11.5 Å². The Morgan fingerprint density at radius 2 is 1.96 bits per heavy atom.